The Morgan fingerprint density at radius 2 is 2.04 bits per heavy atom. The molecule has 0 aliphatic heterocycles. The highest BCUT2D eigenvalue weighted by atomic mass is 16.5. The molecule has 0 saturated heterocycles. The molecule has 0 radical (unpaired) electrons. The molecule has 1 aromatic carbocycles. The molecule has 1 heterocycles. The molecule has 1 amide bonds. The zero-order valence-electron chi connectivity index (χ0n) is 13.5. The Morgan fingerprint density at radius 1 is 1.33 bits per heavy atom. The van der Waals surface area contributed by atoms with Crippen molar-refractivity contribution in [3.05, 3.63) is 47.6 Å². The first-order valence-corrected chi connectivity index (χ1v) is 7.34. The number of nitrogens with zero attached hydrogens (tertiary/aromatic N) is 2. The quantitative estimate of drug-likeness (QED) is 0.742. The summed E-state index contributed by atoms with van der Waals surface area (Å²) in [4.78, 5) is 27.4. The highest BCUT2D eigenvalue weighted by molar-refractivity contribution is 5.83. The number of aryl methyl sites for hydroxylation is 1. The summed E-state index contributed by atoms with van der Waals surface area (Å²) < 4.78 is 10.0. The fraction of sp³-hybridized carbons (Fsp3) is 0.375. The maximum absolute atomic E-state index is 11.8. The second-order valence-corrected chi connectivity index (χ2v) is 5.51. The lowest BCUT2D eigenvalue weighted by Crippen LogP contribution is -2.45. The summed E-state index contributed by atoms with van der Waals surface area (Å²) in [5, 5.41) is 15.7. The number of benzene rings is 1. The van der Waals surface area contributed by atoms with Gasteiger partial charge in [0.2, 0.25) is 5.91 Å². The van der Waals surface area contributed by atoms with Crippen molar-refractivity contribution in [3.8, 4) is 0 Å². The Morgan fingerprint density at radius 3 is 2.62 bits per heavy atom. The summed E-state index contributed by atoms with van der Waals surface area (Å²) in [5.41, 5.74) is -0.611. The van der Waals surface area contributed by atoms with E-state index in [0.29, 0.717) is 11.4 Å². The number of aromatic nitrogens is 2. The van der Waals surface area contributed by atoms with Crippen LogP contribution in [0.2, 0.25) is 0 Å². The lowest BCUT2D eigenvalue weighted by molar-refractivity contribution is -0.143. The van der Waals surface area contributed by atoms with Crippen molar-refractivity contribution >= 4 is 11.9 Å². The fourth-order valence-corrected chi connectivity index (χ4v) is 2.06. The van der Waals surface area contributed by atoms with Crippen LogP contribution in [0.5, 0.6) is 0 Å². The van der Waals surface area contributed by atoms with E-state index in [1.54, 1.807) is 44.2 Å². The summed E-state index contributed by atoms with van der Waals surface area (Å²) in [6.45, 7) is 2.98. The molecule has 1 unspecified atom stereocenters. The monoisotopic (exact) mass is 333 g/mol. The SMILES string of the molecule is Cc1noc(COCC(=O)NCC(C)(C(=O)O)c2ccccc2)n1. The van der Waals surface area contributed by atoms with Gasteiger partial charge in [-0.15, -0.1) is 0 Å². The Hall–Kier alpha value is -2.74. The number of hydrogen-bond donors (Lipinski definition) is 2. The average Bonchev–Trinajstić information content (AvgIpc) is 2.98. The normalized spacial score (nSPS) is 13.2. The minimum Gasteiger partial charge on any atom is -0.481 e. The molecule has 0 aliphatic rings. The van der Waals surface area contributed by atoms with Gasteiger partial charge in [0.05, 0.1) is 0 Å². The molecule has 8 nitrogen and oxygen atoms in total. The second kappa shape index (κ2) is 7.69. The van der Waals surface area contributed by atoms with Crippen molar-refractivity contribution in [3.63, 3.8) is 0 Å². The van der Waals surface area contributed by atoms with Crippen LogP contribution in [-0.4, -0.2) is 40.3 Å². The van der Waals surface area contributed by atoms with Crippen molar-refractivity contribution in [2.24, 2.45) is 0 Å². The predicted octanol–water partition coefficient (Wildman–Crippen LogP) is 1.05. The Labute approximate surface area is 138 Å². The fourth-order valence-electron chi connectivity index (χ4n) is 2.06. The van der Waals surface area contributed by atoms with Gasteiger partial charge in [0, 0.05) is 6.54 Å². The third-order valence-corrected chi connectivity index (χ3v) is 3.55. The number of amides is 1. The summed E-state index contributed by atoms with van der Waals surface area (Å²) in [6.07, 6.45) is 0. The smallest absolute Gasteiger partial charge is 0.315 e. The molecule has 0 saturated carbocycles. The first-order valence-electron chi connectivity index (χ1n) is 7.34. The van der Waals surface area contributed by atoms with Gasteiger partial charge in [-0.2, -0.15) is 4.98 Å². The van der Waals surface area contributed by atoms with E-state index in [2.05, 4.69) is 15.5 Å². The van der Waals surface area contributed by atoms with Crippen LogP contribution in [0.3, 0.4) is 0 Å². The molecule has 0 aliphatic carbocycles. The number of ether oxygens (including phenoxy) is 1. The molecule has 1 aromatic heterocycles. The molecule has 128 valence electrons. The number of carbonyl (C=O) groups is 2. The lowest BCUT2D eigenvalue weighted by Gasteiger charge is -2.25. The first kappa shape index (κ1) is 17.6. The van der Waals surface area contributed by atoms with Crippen molar-refractivity contribution < 1.29 is 24.0 Å². The van der Waals surface area contributed by atoms with Crippen LogP contribution in [0.4, 0.5) is 0 Å². The number of nitrogens with one attached hydrogen (secondary N) is 1. The molecule has 2 rings (SSSR count). The van der Waals surface area contributed by atoms with Gasteiger partial charge in [-0.05, 0) is 19.4 Å². The van der Waals surface area contributed by atoms with Crippen LogP contribution in [-0.2, 0) is 26.3 Å². The van der Waals surface area contributed by atoms with Crippen molar-refractivity contribution in [2.45, 2.75) is 25.9 Å². The van der Waals surface area contributed by atoms with E-state index in [4.69, 9.17) is 9.26 Å². The number of carboxylic acids is 1. The van der Waals surface area contributed by atoms with Gasteiger partial charge in [-0.25, -0.2) is 0 Å². The van der Waals surface area contributed by atoms with E-state index in [1.807, 2.05) is 0 Å². The summed E-state index contributed by atoms with van der Waals surface area (Å²) in [6, 6.07) is 8.75. The molecular formula is C16H19N3O5. The van der Waals surface area contributed by atoms with E-state index in [9.17, 15) is 14.7 Å². The van der Waals surface area contributed by atoms with Gasteiger partial charge < -0.3 is 19.7 Å². The van der Waals surface area contributed by atoms with E-state index >= 15 is 0 Å². The van der Waals surface area contributed by atoms with Gasteiger partial charge in [0.1, 0.15) is 18.6 Å². The van der Waals surface area contributed by atoms with E-state index in [0.717, 1.165) is 0 Å². The van der Waals surface area contributed by atoms with Crippen molar-refractivity contribution in [1.29, 1.82) is 0 Å². The number of hydrogen-bond acceptors (Lipinski definition) is 6. The Bertz CT molecular complexity index is 701. The number of aliphatic carboxylic acids is 1. The van der Waals surface area contributed by atoms with Crippen LogP contribution in [0.1, 0.15) is 24.2 Å². The molecule has 1 atom stereocenters. The van der Waals surface area contributed by atoms with Gasteiger partial charge in [0.25, 0.3) is 5.89 Å². The maximum Gasteiger partial charge on any atom is 0.315 e. The van der Waals surface area contributed by atoms with Gasteiger partial charge in [-0.3, -0.25) is 9.59 Å². The van der Waals surface area contributed by atoms with Crippen LogP contribution in [0.25, 0.3) is 0 Å². The topological polar surface area (TPSA) is 115 Å². The number of rotatable bonds is 8. The minimum atomic E-state index is -1.22. The highest BCUT2D eigenvalue weighted by Gasteiger charge is 2.35. The zero-order valence-corrected chi connectivity index (χ0v) is 13.5. The van der Waals surface area contributed by atoms with Crippen LogP contribution in [0.15, 0.2) is 34.9 Å². The summed E-state index contributed by atoms with van der Waals surface area (Å²) in [5.74, 6) is -0.677. The standard InChI is InChI=1S/C16H19N3O5/c1-11-18-14(24-19-11)9-23-8-13(20)17-10-16(2,15(21)22)12-6-4-3-5-7-12/h3-7H,8-10H2,1-2H3,(H,17,20)(H,21,22). The van der Waals surface area contributed by atoms with E-state index in [-0.39, 0.29) is 25.6 Å². The van der Waals surface area contributed by atoms with Crippen LogP contribution < -0.4 is 5.32 Å². The number of carbonyl (C=O) groups excluding carboxylic acids is 1. The predicted molar refractivity (Wildman–Crippen MR) is 83.1 cm³/mol. The molecule has 0 spiro atoms. The molecule has 2 N–H and O–H groups in total. The molecule has 0 fully saturated rings. The van der Waals surface area contributed by atoms with Crippen molar-refractivity contribution in [2.75, 3.05) is 13.2 Å². The Kier molecular flexibility index (Phi) is 5.64. The zero-order chi connectivity index (χ0) is 17.6. The third kappa shape index (κ3) is 4.39. The minimum absolute atomic E-state index is 0.0170. The third-order valence-electron chi connectivity index (χ3n) is 3.55. The summed E-state index contributed by atoms with van der Waals surface area (Å²) in [7, 11) is 0. The summed E-state index contributed by atoms with van der Waals surface area (Å²) >= 11 is 0. The lowest BCUT2D eigenvalue weighted by atomic mass is 9.82. The van der Waals surface area contributed by atoms with Gasteiger partial charge >= 0.3 is 5.97 Å². The molecular weight excluding hydrogens is 314 g/mol. The average molecular weight is 333 g/mol. The molecule has 24 heavy (non-hydrogen) atoms. The van der Waals surface area contributed by atoms with Gasteiger partial charge in [-0.1, -0.05) is 35.5 Å². The molecule has 8 heteroatoms. The maximum atomic E-state index is 11.8. The Balaban J connectivity index is 1.85. The van der Waals surface area contributed by atoms with Crippen LogP contribution >= 0.6 is 0 Å². The van der Waals surface area contributed by atoms with Crippen molar-refractivity contribution in [1.82, 2.24) is 15.5 Å². The van der Waals surface area contributed by atoms with Gasteiger partial charge in [0.15, 0.2) is 5.82 Å². The van der Waals surface area contributed by atoms with E-state index in [1.165, 1.54) is 0 Å². The molecule has 0 bridgehead atoms. The highest BCUT2D eigenvalue weighted by Crippen LogP contribution is 2.23. The number of carboxylic acid groups (broad SMARTS) is 1. The largest absolute Gasteiger partial charge is 0.481 e. The second-order valence-electron chi connectivity index (χ2n) is 5.51. The van der Waals surface area contributed by atoms with Crippen LogP contribution in [0, 0.1) is 6.92 Å². The van der Waals surface area contributed by atoms with E-state index < -0.39 is 17.3 Å². The molecule has 2 aromatic rings. The first-order chi connectivity index (χ1) is 11.4.